The van der Waals surface area contributed by atoms with Crippen molar-refractivity contribution in [1.29, 1.82) is 0 Å². The van der Waals surface area contributed by atoms with Crippen LogP contribution in [0.4, 0.5) is 13.2 Å². The Morgan fingerprint density at radius 1 is 1.38 bits per heavy atom. The molecule has 0 radical (unpaired) electrons. The van der Waals surface area contributed by atoms with Gasteiger partial charge in [0, 0.05) is 26.3 Å². The first-order chi connectivity index (χ1) is 12.1. The molecular formula is C15H19F3N4O4. The molecule has 0 bridgehead atoms. The second-order valence-corrected chi connectivity index (χ2v) is 6.16. The van der Waals surface area contributed by atoms with E-state index in [0.29, 0.717) is 19.4 Å². The number of hydrogen-bond acceptors (Lipinski definition) is 4. The molecule has 1 fully saturated rings. The van der Waals surface area contributed by atoms with Gasteiger partial charge in [-0.1, -0.05) is 0 Å². The number of amides is 2. The van der Waals surface area contributed by atoms with E-state index in [1.807, 2.05) is 0 Å². The number of hydrogen-bond donors (Lipinski definition) is 1. The molecule has 0 spiro atoms. The molecule has 1 aliphatic rings. The number of alkyl halides is 3. The number of aromatic nitrogens is 2. The molecule has 26 heavy (non-hydrogen) atoms. The molecule has 11 heteroatoms. The molecule has 144 valence electrons. The molecule has 2 rings (SSSR count). The first-order valence-corrected chi connectivity index (χ1v) is 7.93. The summed E-state index contributed by atoms with van der Waals surface area (Å²) in [7, 11) is 1.35. The summed E-state index contributed by atoms with van der Waals surface area (Å²) in [6.07, 6.45) is -2.49. The average Bonchev–Trinajstić information content (AvgIpc) is 3.03. The number of halogens is 3. The lowest BCUT2D eigenvalue weighted by Crippen LogP contribution is -2.47. The van der Waals surface area contributed by atoms with Crippen LogP contribution in [-0.2, 0) is 27.1 Å². The van der Waals surface area contributed by atoms with E-state index >= 15 is 0 Å². The molecule has 2 heterocycles. The van der Waals surface area contributed by atoms with E-state index in [-0.39, 0.29) is 13.1 Å². The molecule has 0 aromatic carbocycles. The van der Waals surface area contributed by atoms with Gasteiger partial charge in [0.2, 0.25) is 11.8 Å². The monoisotopic (exact) mass is 376 g/mol. The third kappa shape index (κ3) is 4.96. The lowest BCUT2D eigenvalue weighted by Gasteiger charge is -2.32. The second-order valence-electron chi connectivity index (χ2n) is 6.16. The molecule has 1 atom stereocenters. The van der Waals surface area contributed by atoms with Crippen LogP contribution in [-0.4, -0.2) is 69.2 Å². The van der Waals surface area contributed by atoms with Crippen molar-refractivity contribution in [3.05, 3.63) is 18.0 Å². The van der Waals surface area contributed by atoms with Gasteiger partial charge in [0.25, 0.3) is 0 Å². The molecule has 0 saturated carbocycles. The van der Waals surface area contributed by atoms with Gasteiger partial charge in [-0.3, -0.25) is 19.1 Å². The topological polar surface area (TPSA) is 95.7 Å². The van der Waals surface area contributed by atoms with Gasteiger partial charge in [-0.15, -0.1) is 0 Å². The molecule has 2 amide bonds. The minimum absolute atomic E-state index is 0.0876. The Hall–Kier alpha value is -2.59. The molecule has 1 aromatic rings. The average molecular weight is 376 g/mol. The highest BCUT2D eigenvalue weighted by Gasteiger charge is 2.34. The van der Waals surface area contributed by atoms with Crippen molar-refractivity contribution in [3.8, 4) is 0 Å². The zero-order valence-corrected chi connectivity index (χ0v) is 14.1. The maximum absolute atomic E-state index is 12.5. The number of likely N-dealkylation sites (N-methyl/N-ethyl adjacent to an activating group) is 1. The summed E-state index contributed by atoms with van der Waals surface area (Å²) in [5, 5.41) is 12.3. The Kier molecular flexibility index (Phi) is 5.88. The highest BCUT2D eigenvalue weighted by atomic mass is 19.4. The van der Waals surface area contributed by atoms with Crippen molar-refractivity contribution in [1.82, 2.24) is 19.6 Å². The zero-order chi connectivity index (χ0) is 19.5. The van der Waals surface area contributed by atoms with Crippen LogP contribution in [0.15, 0.2) is 12.3 Å². The number of piperidine rings is 1. The fraction of sp³-hybridized carbons (Fsp3) is 0.600. The van der Waals surface area contributed by atoms with Crippen LogP contribution in [0.5, 0.6) is 0 Å². The van der Waals surface area contributed by atoms with Crippen LogP contribution < -0.4 is 0 Å². The smallest absolute Gasteiger partial charge is 0.435 e. The lowest BCUT2D eigenvalue weighted by atomic mass is 9.98. The van der Waals surface area contributed by atoms with Gasteiger partial charge in [-0.05, 0) is 18.9 Å². The summed E-state index contributed by atoms with van der Waals surface area (Å²) in [6.45, 7) is -0.209. The Morgan fingerprint density at radius 3 is 2.65 bits per heavy atom. The first-order valence-electron chi connectivity index (χ1n) is 7.93. The van der Waals surface area contributed by atoms with Crippen molar-refractivity contribution < 1.29 is 32.7 Å². The summed E-state index contributed by atoms with van der Waals surface area (Å²) < 4.78 is 38.4. The maximum atomic E-state index is 12.5. The van der Waals surface area contributed by atoms with E-state index in [1.165, 1.54) is 11.9 Å². The quantitative estimate of drug-likeness (QED) is 0.816. The van der Waals surface area contributed by atoms with Gasteiger partial charge in [0.15, 0.2) is 5.69 Å². The minimum Gasteiger partial charge on any atom is -0.481 e. The highest BCUT2D eigenvalue weighted by molar-refractivity contribution is 5.85. The van der Waals surface area contributed by atoms with E-state index in [4.69, 9.17) is 5.11 Å². The Labute approximate surface area is 147 Å². The Bertz CT molecular complexity index is 689. The van der Waals surface area contributed by atoms with Crippen molar-refractivity contribution in [2.45, 2.75) is 25.6 Å². The van der Waals surface area contributed by atoms with Crippen molar-refractivity contribution >= 4 is 17.8 Å². The van der Waals surface area contributed by atoms with Crippen LogP contribution in [0.2, 0.25) is 0 Å². The number of carboxylic acids is 1. The van der Waals surface area contributed by atoms with Gasteiger partial charge < -0.3 is 14.9 Å². The summed E-state index contributed by atoms with van der Waals surface area (Å²) in [4.78, 5) is 37.8. The highest BCUT2D eigenvalue weighted by Crippen LogP contribution is 2.27. The van der Waals surface area contributed by atoms with Gasteiger partial charge in [0.1, 0.15) is 6.54 Å². The number of aliphatic carboxylic acids is 1. The number of carbonyl (C=O) groups excluding carboxylic acids is 2. The van der Waals surface area contributed by atoms with E-state index in [9.17, 15) is 27.6 Å². The first kappa shape index (κ1) is 19.7. The third-order valence-electron chi connectivity index (χ3n) is 4.15. The summed E-state index contributed by atoms with van der Waals surface area (Å²) in [5.41, 5.74) is -1.10. The van der Waals surface area contributed by atoms with E-state index < -0.39 is 42.1 Å². The minimum atomic E-state index is -4.59. The molecule has 0 aliphatic carbocycles. The molecule has 1 saturated heterocycles. The van der Waals surface area contributed by atoms with Crippen LogP contribution in [0.25, 0.3) is 0 Å². The van der Waals surface area contributed by atoms with Gasteiger partial charge in [0.05, 0.1) is 12.5 Å². The number of nitrogens with zero attached hydrogens (tertiary/aromatic N) is 4. The molecule has 1 N–H and O–H groups in total. The van der Waals surface area contributed by atoms with E-state index in [0.717, 1.165) is 21.8 Å². The molecule has 1 unspecified atom stereocenters. The van der Waals surface area contributed by atoms with Crippen molar-refractivity contribution in [3.63, 3.8) is 0 Å². The normalized spacial score (nSPS) is 17.8. The Balaban J connectivity index is 1.89. The van der Waals surface area contributed by atoms with E-state index in [2.05, 4.69) is 5.10 Å². The van der Waals surface area contributed by atoms with Crippen LogP contribution in [0.3, 0.4) is 0 Å². The molecule has 1 aliphatic heterocycles. The molecular weight excluding hydrogens is 357 g/mol. The maximum Gasteiger partial charge on any atom is 0.435 e. The van der Waals surface area contributed by atoms with Gasteiger partial charge in [-0.2, -0.15) is 18.3 Å². The zero-order valence-electron chi connectivity index (χ0n) is 14.1. The number of carbonyl (C=O) groups is 3. The summed E-state index contributed by atoms with van der Waals surface area (Å²) >= 11 is 0. The standard InChI is InChI=1S/C15H19F3N4O4/c1-20(8-13(24)21-5-2-3-10(7-21)14(25)26)12(23)9-22-6-4-11(19-22)15(16,17)18/h4,6,10H,2-3,5,7-9H2,1H3,(H,25,26). The van der Waals surface area contributed by atoms with Crippen molar-refractivity contribution in [2.24, 2.45) is 5.92 Å². The summed E-state index contributed by atoms with van der Waals surface area (Å²) in [6, 6.07) is 0.762. The summed E-state index contributed by atoms with van der Waals surface area (Å²) in [5.74, 6) is -2.57. The SMILES string of the molecule is CN(CC(=O)N1CCCC(C(=O)O)C1)C(=O)Cn1ccc(C(F)(F)F)n1. The molecule has 1 aromatic heterocycles. The predicted octanol–water partition coefficient (Wildman–Crippen LogP) is 0.683. The van der Waals surface area contributed by atoms with Crippen molar-refractivity contribution in [2.75, 3.05) is 26.7 Å². The third-order valence-corrected chi connectivity index (χ3v) is 4.15. The van der Waals surface area contributed by atoms with Crippen LogP contribution in [0.1, 0.15) is 18.5 Å². The largest absolute Gasteiger partial charge is 0.481 e. The Morgan fingerprint density at radius 2 is 2.08 bits per heavy atom. The van der Waals surface area contributed by atoms with E-state index in [1.54, 1.807) is 0 Å². The predicted molar refractivity (Wildman–Crippen MR) is 81.8 cm³/mol. The fourth-order valence-electron chi connectivity index (χ4n) is 2.66. The lowest BCUT2D eigenvalue weighted by molar-refractivity contribution is -0.147. The number of likely N-dealkylation sites (tertiary alicyclic amines) is 1. The number of carboxylic acid groups (broad SMARTS) is 1. The van der Waals surface area contributed by atoms with Gasteiger partial charge >= 0.3 is 12.1 Å². The molecule has 8 nitrogen and oxygen atoms in total. The van der Waals surface area contributed by atoms with Crippen LogP contribution in [0, 0.1) is 5.92 Å². The second kappa shape index (κ2) is 7.75. The fourth-order valence-corrected chi connectivity index (χ4v) is 2.66. The van der Waals surface area contributed by atoms with Gasteiger partial charge in [-0.25, -0.2) is 0 Å². The van der Waals surface area contributed by atoms with Crippen LogP contribution >= 0.6 is 0 Å². The number of rotatable bonds is 5.